The average molecular weight is 233 g/mol. The van der Waals surface area contributed by atoms with E-state index in [0.717, 1.165) is 5.56 Å². The van der Waals surface area contributed by atoms with Gasteiger partial charge in [-0.3, -0.25) is 0 Å². The van der Waals surface area contributed by atoms with Crippen molar-refractivity contribution >= 4 is 6.09 Å². The lowest BCUT2D eigenvalue weighted by Gasteiger charge is -2.38. The molecule has 1 aliphatic rings. The summed E-state index contributed by atoms with van der Waals surface area (Å²) in [7, 11) is 0. The SMILES string of the molecule is Cc1cc(C)cc([C@H]2NC(=O)OCC2(C)C)c1. The summed E-state index contributed by atoms with van der Waals surface area (Å²) in [5.74, 6) is 0. The van der Waals surface area contributed by atoms with Crippen LogP contribution in [-0.4, -0.2) is 12.7 Å². The van der Waals surface area contributed by atoms with Crippen molar-refractivity contribution in [3.8, 4) is 0 Å². The maximum Gasteiger partial charge on any atom is 0.407 e. The Labute approximate surface area is 102 Å². The number of ether oxygens (including phenoxy) is 1. The molecule has 0 bridgehead atoms. The lowest BCUT2D eigenvalue weighted by atomic mass is 9.80. The molecule has 0 spiro atoms. The molecule has 1 amide bonds. The van der Waals surface area contributed by atoms with Crippen molar-refractivity contribution in [2.45, 2.75) is 33.7 Å². The van der Waals surface area contributed by atoms with Crippen LogP contribution in [0.3, 0.4) is 0 Å². The van der Waals surface area contributed by atoms with Crippen LogP contribution in [0.5, 0.6) is 0 Å². The Hall–Kier alpha value is -1.51. The fourth-order valence-electron chi connectivity index (χ4n) is 2.40. The summed E-state index contributed by atoms with van der Waals surface area (Å²) in [6, 6.07) is 6.41. The molecule has 1 aliphatic heterocycles. The number of hydrogen-bond donors (Lipinski definition) is 1. The zero-order valence-corrected chi connectivity index (χ0v) is 10.8. The van der Waals surface area contributed by atoms with Gasteiger partial charge < -0.3 is 10.1 Å². The van der Waals surface area contributed by atoms with Crippen LogP contribution in [0.2, 0.25) is 0 Å². The number of amides is 1. The standard InChI is InChI=1S/C14H19NO2/c1-9-5-10(2)7-11(6-9)12-14(3,4)8-17-13(16)15-12/h5-7,12H,8H2,1-4H3,(H,15,16)/t12-/m1/s1. The van der Waals surface area contributed by atoms with Crippen LogP contribution in [0.15, 0.2) is 18.2 Å². The molecule has 2 rings (SSSR count). The van der Waals surface area contributed by atoms with E-state index >= 15 is 0 Å². The van der Waals surface area contributed by atoms with Crippen LogP contribution in [0, 0.1) is 19.3 Å². The summed E-state index contributed by atoms with van der Waals surface area (Å²) in [6.45, 7) is 8.81. The topological polar surface area (TPSA) is 38.3 Å². The monoisotopic (exact) mass is 233 g/mol. The number of aryl methyl sites for hydroxylation is 2. The molecule has 0 unspecified atom stereocenters. The highest BCUT2D eigenvalue weighted by molar-refractivity contribution is 5.69. The van der Waals surface area contributed by atoms with Crippen LogP contribution in [-0.2, 0) is 4.74 Å². The normalized spacial score (nSPS) is 22.8. The molecule has 1 aromatic rings. The summed E-state index contributed by atoms with van der Waals surface area (Å²) in [4.78, 5) is 11.4. The maximum absolute atomic E-state index is 11.4. The zero-order chi connectivity index (χ0) is 12.6. The molecule has 1 saturated heterocycles. The number of benzene rings is 1. The van der Waals surface area contributed by atoms with Gasteiger partial charge >= 0.3 is 6.09 Å². The number of rotatable bonds is 1. The molecule has 1 fully saturated rings. The second kappa shape index (κ2) is 4.06. The molecular weight excluding hydrogens is 214 g/mol. The van der Waals surface area contributed by atoms with Gasteiger partial charge in [0.1, 0.15) is 6.61 Å². The molecule has 3 heteroatoms. The van der Waals surface area contributed by atoms with Gasteiger partial charge in [0.05, 0.1) is 6.04 Å². The Morgan fingerprint density at radius 3 is 2.41 bits per heavy atom. The third-order valence-corrected chi connectivity index (χ3v) is 3.20. The van der Waals surface area contributed by atoms with Crippen molar-refractivity contribution in [3.05, 3.63) is 34.9 Å². The molecule has 0 radical (unpaired) electrons. The third-order valence-electron chi connectivity index (χ3n) is 3.20. The van der Waals surface area contributed by atoms with Crippen molar-refractivity contribution in [1.82, 2.24) is 5.32 Å². The quantitative estimate of drug-likeness (QED) is 0.809. The highest BCUT2D eigenvalue weighted by Gasteiger charge is 2.37. The lowest BCUT2D eigenvalue weighted by molar-refractivity contribution is 0.0387. The summed E-state index contributed by atoms with van der Waals surface area (Å²) in [6.07, 6.45) is -0.325. The van der Waals surface area contributed by atoms with E-state index in [1.54, 1.807) is 0 Å². The average Bonchev–Trinajstić information content (AvgIpc) is 2.20. The molecule has 0 aromatic heterocycles. The van der Waals surface area contributed by atoms with E-state index in [9.17, 15) is 4.79 Å². The minimum Gasteiger partial charge on any atom is -0.449 e. The molecule has 3 nitrogen and oxygen atoms in total. The van der Waals surface area contributed by atoms with E-state index < -0.39 is 0 Å². The van der Waals surface area contributed by atoms with Crippen molar-refractivity contribution in [1.29, 1.82) is 0 Å². The smallest absolute Gasteiger partial charge is 0.407 e. The fraction of sp³-hybridized carbons (Fsp3) is 0.500. The number of carbonyl (C=O) groups is 1. The van der Waals surface area contributed by atoms with Gasteiger partial charge in [0, 0.05) is 5.41 Å². The number of alkyl carbamates (subject to hydrolysis) is 1. The van der Waals surface area contributed by atoms with Crippen molar-refractivity contribution in [2.24, 2.45) is 5.41 Å². The minimum atomic E-state index is -0.325. The van der Waals surface area contributed by atoms with Crippen molar-refractivity contribution in [3.63, 3.8) is 0 Å². The van der Waals surface area contributed by atoms with Gasteiger partial charge in [-0.05, 0) is 19.4 Å². The van der Waals surface area contributed by atoms with Crippen molar-refractivity contribution in [2.75, 3.05) is 6.61 Å². The van der Waals surface area contributed by atoms with E-state index in [0.29, 0.717) is 6.61 Å². The van der Waals surface area contributed by atoms with E-state index in [1.165, 1.54) is 11.1 Å². The summed E-state index contributed by atoms with van der Waals surface area (Å²) >= 11 is 0. The first kappa shape index (κ1) is 12.0. The lowest BCUT2D eigenvalue weighted by Crippen LogP contribution is -2.46. The van der Waals surface area contributed by atoms with E-state index in [-0.39, 0.29) is 17.6 Å². The molecule has 1 aromatic carbocycles. The summed E-state index contributed by atoms with van der Waals surface area (Å²) in [5.41, 5.74) is 3.51. The van der Waals surface area contributed by atoms with Gasteiger partial charge in [0.2, 0.25) is 0 Å². The Bertz CT molecular complexity index is 431. The Morgan fingerprint density at radius 1 is 1.24 bits per heavy atom. The summed E-state index contributed by atoms with van der Waals surface area (Å²) < 4.78 is 5.06. The second-order valence-electron chi connectivity index (χ2n) is 5.56. The molecule has 0 aliphatic carbocycles. The molecular formula is C14H19NO2. The Kier molecular flexibility index (Phi) is 2.86. The van der Waals surface area contributed by atoms with Crippen LogP contribution in [0.4, 0.5) is 4.79 Å². The number of hydrogen-bond acceptors (Lipinski definition) is 2. The van der Waals surface area contributed by atoms with Gasteiger partial charge in [0.15, 0.2) is 0 Å². The fourth-order valence-corrected chi connectivity index (χ4v) is 2.40. The highest BCUT2D eigenvalue weighted by Crippen LogP contribution is 2.36. The minimum absolute atomic E-state index is 0.0161. The Morgan fingerprint density at radius 2 is 1.82 bits per heavy atom. The molecule has 1 heterocycles. The van der Waals surface area contributed by atoms with Crippen LogP contribution < -0.4 is 5.32 Å². The molecule has 17 heavy (non-hydrogen) atoms. The number of carbonyl (C=O) groups excluding carboxylic acids is 1. The highest BCUT2D eigenvalue weighted by atomic mass is 16.6. The molecule has 1 atom stereocenters. The van der Waals surface area contributed by atoms with E-state index in [1.807, 2.05) is 0 Å². The summed E-state index contributed by atoms with van der Waals surface area (Å²) in [5, 5.41) is 2.92. The number of nitrogens with one attached hydrogen (secondary N) is 1. The van der Waals surface area contributed by atoms with Crippen LogP contribution in [0.25, 0.3) is 0 Å². The predicted octanol–water partition coefficient (Wildman–Crippen LogP) is 3.11. The van der Waals surface area contributed by atoms with Gasteiger partial charge in [0.25, 0.3) is 0 Å². The molecule has 1 N–H and O–H groups in total. The van der Waals surface area contributed by atoms with Gasteiger partial charge in [-0.15, -0.1) is 0 Å². The first-order valence-corrected chi connectivity index (χ1v) is 5.90. The van der Waals surface area contributed by atoms with E-state index in [4.69, 9.17) is 4.74 Å². The first-order valence-electron chi connectivity index (χ1n) is 5.90. The van der Waals surface area contributed by atoms with Crippen molar-refractivity contribution < 1.29 is 9.53 Å². The molecule has 0 saturated carbocycles. The van der Waals surface area contributed by atoms with Gasteiger partial charge in [-0.2, -0.15) is 0 Å². The van der Waals surface area contributed by atoms with Crippen LogP contribution in [0.1, 0.15) is 36.6 Å². The van der Waals surface area contributed by atoms with Crippen LogP contribution >= 0.6 is 0 Å². The Balaban J connectivity index is 2.39. The van der Waals surface area contributed by atoms with E-state index in [2.05, 4.69) is 51.2 Å². The molecule has 92 valence electrons. The second-order valence-corrected chi connectivity index (χ2v) is 5.56. The van der Waals surface area contributed by atoms with Gasteiger partial charge in [-0.1, -0.05) is 43.2 Å². The largest absolute Gasteiger partial charge is 0.449 e. The first-order chi connectivity index (χ1) is 7.88. The number of cyclic esters (lactones) is 1. The maximum atomic E-state index is 11.4. The zero-order valence-electron chi connectivity index (χ0n) is 10.8. The third kappa shape index (κ3) is 2.43. The predicted molar refractivity (Wildman–Crippen MR) is 66.9 cm³/mol. The van der Waals surface area contributed by atoms with Gasteiger partial charge in [-0.25, -0.2) is 4.79 Å².